The lowest BCUT2D eigenvalue weighted by Crippen LogP contribution is -2.08. The fourth-order valence-corrected chi connectivity index (χ4v) is 3.40. The molecular weight excluding hydrogens is 279 g/mol. The van der Waals surface area contributed by atoms with Crippen molar-refractivity contribution >= 4 is 22.6 Å². The fraction of sp³-hybridized carbons (Fsp3) is 0.533. The van der Waals surface area contributed by atoms with Crippen molar-refractivity contribution in [2.24, 2.45) is 5.92 Å². The molecule has 2 aromatic rings. The number of hydrogen-bond acceptors (Lipinski definition) is 2. The second kappa shape index (κ2) is 5.24. The van der Waals surface area contributed by atoms with E-state index in [2.05, 4.69) is 16.5 Å². The third kappa shape index (κ3) is 2.16. The first-order chi connectivity index (χ1) is 9.63. The van der Waals surface area contributed by atoms with Crippen LogP contribution in [0.4, 0.5) is 4.39 Å². The lowest BCUT2D eigenvalue weighted by molar-refractivity contribution is 0.387. The van der Waals surface area contributed by atoms with Gasteiger partial charge >= 0.3 is 0 Å². The SMILES string of the molecule is COc1cc2c(cc1F)nc(CCl)n2C1CCC(C)C1. The molecule has 1 aromatic carbocycles. The van der Waals surface area contributed by atoms with Gasteiger partial charge in [-0.1, -0.05) is 6.92 Å². The summed E-state index contributed by atoms with van der Waals surface area (Å²) in [4.78, 5) is 4.47. The van der Waals surface area contributed by atoms with Gasteiger partial charge in [-0.3, -0.25) is 0 Å². The highest BCUT2D eigenvalue weighted by Crippen LogP contribution is 2.38. The van der Waals surface area contributed by atoms with Crippen LogP contribution >= 0.6 is 11.6 Å². The van der Waals surface area contributed by atoms with Crippen molar-refractivity contribution in [2.75, 3.05) is 7.11 Å². The summed E-state index contributed by atoms with van der Waals surface area (Å²) in [7, 11) is 1.48. The molecule has 2 unspecified atom stereocenters. The van der Waals surface area contributed by atoms with Crippen LogP contribution in [0.15, 0.2) is 12.1 Å². The molecule has 0 radical (unpaired) electrons. The van der Waals surface area contributed by atoms with E-state index in [4.69, 9.17) is 16.3 Å². The number of ether oxygens (including phenoxy) is 1. The van der Waals surface area contributed by atoms with Crippen molar-refractivity contribution in [3.05, 3.63) is 23.8 Å². The number of hydrogen-bond donors (Lipinski definition) is 0. The van der Waals surface area contributed by atoms with Crippen LogP contribution < -0.4 is 4.74 Å². The summed E-state index contributed by atoms with van der Waals surface area (Å²) in [5, 5.41) is 0. The topological polar surface area (TPSA) is 27.1 Å². The van der Waals surface area contributed by atoms with E-state index in [0.29, 0.717) is 23.4 Å². The molecule has 1 aliphatic rings. The highest BCUT2D eigenvalue weighted by Gasteiger charge is 2.27. The van der Waals surface area contributed by atoms with Crippen LogP contribution in [-0.4, -0.2) is 16.7 Å². The van der Waals surface area contributed by atoms with E-state index in [1.165, 1.54) is 19.6 Å². The quantitative estimate of drug-likeness (QED) is 0.790. The summed E-state index contributed by atoms with van der Waals surface area (Å²) in [6, 6.07) is 3.56. The molecule has 0 amide bonds. The van der Waals surface area contributed by atoms with Gasteiger partial charge in [-0.2, -0.15) is 0 Å². The summed E-state index contributed by atoms with van der Waals surface area (Å²) in [6.45, 7) is 2.26. The Balaban J connectivity index is 2.17. The number of rotatable bonds is 3. The van der Waals surface area contributed by atoms with Gasteiger partial charge in [-0.05, 0) is 25.2 Å². The summed E-state index contributed by atoms with van der Waals surface area (Å²) >= 11 is 6.02. The fourth-order valence-electron chi connectivity index (χ4n) is 3.22. The van der Waals surface area contributed by atoms with Crippen LogP contribution in [0.1, 0.15) is 38.1 Å². The van der Waals surface area contributed by atoms with Crippen LogP contribution in [0.5, 0.6) is 5.75 Å². The van der Waals surface area contributed by atoms with Crippen molar-refractivity contribution in [1.29, 1.82) is 0 Å². The Hall–Kier alpha value is -1.29. The van der Waals surface area contributed by atoms with E-state index >= 15 is 0 Å². The van der Waals surface area contributed by atoms with Crippen LogP contribution in [0.3, 0.4) is 0 Å². The number of imidazole rings is 1. The van der Waals surface area contributed by atoms with Gasteiger partial charge in [0, 0.05) is 18.2 Å². The average Bonchev–Trinajstić information content (AvgIpc) is 3.00. The Morgan fingerprint density at radius 3 is 2.85 bits per heavy atom. The standard InChI is InChI=1S/C15H18ClFN2O/c1-9-3-4-10(5-9)19-13-7-14(20-2)11(17)6-12(13)18-15(19)8-16/h6-7,9-10H,3-5,8H2,1-2H3. The van der Waals surface area contributed by atoms with Crippen LogP contribution in [0.25, 0.3) is 11.0 Å². The molecule has 3 rings (SSSR count). The number of methoxy groups -OCH3 is 1. The van der Waals surface area contributed by atoms with E-state index in [-0.39, 0.29) is 11.6 Å². The number of aromatic nitrogens is 2. The van der Waals surface area contributed by atoms with Crippen LogP contribution in [0.2, 0.25) is 0 Å². The summed E-state index contributed by atoms with van der Waals surface area (Å²) < 4.78 is 21.1. The minimum atomic E-state index is -0.384. The first-order valence-corrected chi connectivity index (χ1v) is 7.47. The molecule has 5 heteroatoms. The average molecular weight is 297 g/mol. The maximum atomic E-state index is 13.8. The predicted octanol–water partition coefficient (Wildman–Crippen LogP) is 4.28. The number of alkyl halides is 1. The molecule has 1 heterocycles. The molecule has 0 saturated heterocycles. The Kier molecular flexibility index (Phi) is 3.59. The Morgan fingerprint density at radius 2 is 2.25 bits per heavy atom. The summed E-state index contributed by atoms with van der Waals surface area (Å²) in [5.41, 5.74) is 1.57. The molecule has 0 N–H and O–H groups in total. The predicted molar refractivity (Wildman–Crippen MR) is 77.9 cm³/mol. The number of halogens is 2. The van der Waals surface area contributed by atoms with Crippen molar-refractivity contribution in [2.45, 2.75) is 38.1 Å². The van der Waals surface area contributed by atoms with E-state index in [9.17, 15) is 4.39 Å². The monoisotopic (exact) mass is 296 g/mol. The molecule has 20 heavy (non-hydrogen) atoms. The minimum absolute atomic E-state index is 0.255. The highest BCUT2D eigenvalue weighted by atomic mass is 35.5. The van der Waals surface area contributed by atoms with Gasteiger partial charge in [-0.25, -0.2) is 9.37 Å². The largest absolute Gasteiger partial charge is 0.494 e. The third-order valence-corrected chi connectivity index (χ3v) is 4.43. The molecule has 108 valence electrons. The maximum absolute atomic E-state index is 13.8. The van der Waals surface area contributed by atoms with Gasteiger partial charge in [0.2, 0.25) is 0 Å². The van der Waals surface area contributed by atoms with Crippen LogP contribution in [-0.2, 0) is 5.88 Å². The van der Waals surface area contributed by atoms with E-state index in [0.717, 1.165) is 24.2 Å². The normalized spacial score (nSPS) is 22.6. The molecule has 1 aliphatic carbocycles. The lowest BCUT2D eigenvalue weighted by atomic mass is 10.1. The Morgan fingerprint density at radius 1 is 1.45 bits per heavy atom. The van der Waals surface area contributed by atoms with Crippen molar-refractivity contribution < 1.29 is 9.13 Å². The molecule has 0 aliphatic heterocycles. The van der Waals surface area contributed by atoms with Gasteiger partial charge in [-0.15, -0.1) is 11.6 Å². The lowest BCUT2D eigenvalue weighted by Gasteiger charge is -2.16. The molecule has 2 atom stereocenters. The first-order valence-electron chi connectivity index (χ1n) is 6.94. The smallest absolute Gasteiger partial charge is 0.167 e. The third-order valence-electron chi connectivity index (χ3n) is 4.19. The Labute approximate surface area is 122 Å². The molecule has 1 aromatic heterocycles. The second-order valence-electron chi connectivity index (χ2n) is 5.58. The zero-order valence-electron chi connectivity index (χ0n) is 11.7. The van der Waals surface area contributed by atoms with Gasteiger partial charge in [0.25, 0.3) is 0 Å². The van der Waals surface area contributed by atoms with E-state index < -0.39 is 0 Å². The Bertz CT molecular complexity index is 640. The van der Waals surface area contributed by atoms with Gasteiger partial charge in [0.1, 0.15) is 5.82 Å². The van der Waals surface area contributed by atoms with Crippen molar-refractivity contribution in [3.8, 4) is 5.75 Å². The van der Waals surface area contributed by atoms with E-state index in [1.54, 1.807) is 6.07 Å². The molecule has 3 nitrogen and oxygen atoms in total. The number of benzene rings is 1. The van der Waals surface area contributed by atoms with Crippen molar-refractivity contribution in [3.63, 3.8) is 0 Å². The maximum Gasteiger partial charge on any atom is 0.167 e. The highest BCUT2D eigenvalue weighted by molar-refractivity contribution is 6.16. The summed E-state index contributed by atoms with van der Waals surface area (Å²) in [5.74, 6) is 1.73. The second-order valence-corrected chi connectivity index (χ2v) is 5.85. The van der Waals surface area contributed by atoms with Crippen LogP contribution in [0, 0.1) is 11.7 Å². The zero-order valence-corrected chi connectivity index (χ0v) is 12.5. The van der Waals surface area contributed by atoms with E-state index in [1.807, 2.05) is 0 Å². The molecule has 1 fully saturated rings. The molecular formula is C15H18ClFN2O. The van der Waals surface area contributed by atoms with Gasteiger partial charge in [0.05, 0.1) is 24.0 Å². The van der Waals surface area contributed by atoms with Gasteiger partial charge < -0.3 is 9.30 Å². The molecule has 0 spiro atoms. The van der Waals surface area contributed by atoms with Gasteiger partial charge in [0.15, 0.2) is 11.6 Å². The molecule has 1 saturated carbocycles. The number of nitrogens with zero attached hydrogens (tertiary/aromatic N) is 2. The summed E-state index contributed by atoms with van der Waals surface area (Å²) in [6.07, 6.45) is 3.45. The zero-order chi connectivity index (χ0) is 14.3. The molecule has 0 bridgehead atoms. The first kappa shape index (κ1) is 13.7. The number of fused-ring (bicyclic) bond motifs is 1. The minimum Gasteiger partial charge on any atom is -0.494 e. The van der Waals surface area contributed by atoms with Crippen molar-refractivity contribution in [1.82, 2.24) is 9.55 Å².